The van der Waals surface area contributed by atoms with Crippen molar-refractivity contribution in [1.82, 2.24) is 0 Å². The monoisotopic (exact) mass is 790 g/mol. The van der Waals surface area contributed by atoms with Crippen molar-refractivity contribution in [3.8, 4) is 23.0 Å². The number of aromatic hydroxyl groups is 2. The molecule has 15 unspecified atom stereocenters. The van der Waals surface area contributed by atoms with Crippen molar-refractivity contribution in [3.05, 3.63) is 45.5 Å². The van der Waals surface area contributed by atoms with Gasteiger partial charge in [-0.1, -0.05) is 55.4 Å². The summed E-state index contributed by atoms with van der Waals surface area (Å²) < 4.78 is 28.0. The average Bonchev–Trinajstić information content (AvgIpc) is 3.71. The summed E-state index contributed by atoms with van der Waals surface area (Å²) in [7, 11) is 0. The van der Waals surface area contributed by atoms with Gasteiger partial charge in [0.25, 0.3) is 0 Å². The molecule has 0 radical (unpaired) electrons. The Morgan fingerprint density at radius 2 is 1.11 bits per heavy atom. The van der Waals surface area contributed by atoms with Crippen LogP contribution in [0.25, 0.3) is 0 Å². The Hall–Kier alpha value is -2.64. The van der Waals surface area contributed by atoms with Gasteiger partial charge >= 0.3 is 0 Å². The first-order valence-electron chi connectivity index (χ1n) is 21.5. The number of rotatable bonds is 0. The third kappa shape index (κ3) is 4.53. The molecule has 4 saturated carbocycles. The molecule has 4 fully saturated rings. The molecule has 10 rings (SSSR count). The van der Waals surface area contributed by atoms with Gasteiger partial charge in [0.05, 0.1) is 36.6 Å². The number of benzene rings is 2. The number of phenolic OH excluding ortho intramolecular Hbond substituents is 2. The maximum absolute atomic E-state index is 12.5. The van der Waals surface area contributed by atoms with Crippen LogP contribution in [0.1, 0.15) is 146 Å². The zero-order chi connectivity index (χ0) is 40.7. The second kappa shape index (κ2) is 11.8. The molecule has 11 nitrogen and oxygen atoms in total. The predicted molar refractivity (Wildman–Crippen MR) is 207 cm³/mol. The smallest absolute Gasteiger partial charge is 0.189 e. The molecule has 0 saturated heterocycles. The Bertz CT molecular complexity index is 2050. The van der Waals surface area contributed by atoms with Crippen LogP contribution in [0, 0.1) is 45.3 Å². The van der Waals surface area contributed by atoms with Crippen LogP contribution in [0.2, 0.25) is 0 Å². The highest BCUT2D eigenvalue weighted by Crippen LogP contribution is 2.70. The number of ether oxygens (including phenoxy) is 4. The molecule has 8 aliphatic rings. The average molecular weight is 791 g/mol. The van der Waals surface area contributed by atoms with Gasteiger partial charge in [-0.05, 0) is 96.3 Å². The molecule has 312 valence electrons. The van der Waals surface area contributed by atoms with Crippen LogP contribution in [0.3, 0.4) is 0 Å². The highest BCUT2D eigenvalue weighted by atomic mass is 16.7. The standard InChI is InChI=1S/C46H62O11/c1-20-9-11-30-41(3,4)38(52)28(49)17-43(30,7)45(20)15-24-26(47)13-22-19-54-40-33-23(34(51)37(55-40)32(22)35(24)56-45)14-27(48)25-16-46(57-36(25)33)21(2)10-12-31-42(5,6)39(53)29(50)18-44(31,46)8/h13-14,20-21,28-31,34,37-40,47-53H,9-12,15-19H2,1-8H3. The van der Waals surface area contributed by atoms with Gasteiger partial charge in [0.1, 0.15) is 46.4 Å². The van der Waals surface area contributed by atoms with Crippen molar-refractivity contribution in [3.63, 3.8) is 0 Å². The van der Waals surface area contributed by atoms with Crippen LogP contribution in [-0.2, 0) is 28.9 Å². The summed E-state index contributed by atoms with van der Waals surface area (Å²) in [6.07, 6.45) is -1.80. The summed E-state index contributed by atoms with van der Waals surface area (Å²) in [6, 6.07) is 3.33. The normalized spacial score (nSPS) is 47.1. The first-order valence-corrected chi connectivity index (χ1v) is 21.5. The van der Waals surface area contributed by atoms with E-state index in [4.69, 9.17) is 18.9 Å². The molecule has 57 heavy (non-hydrogen) atoms. The largest absolute Gasteiger partial charge is 0.508 e. The van der Waals surface area contributed by atoms with Gasteiger partial charge in [-0.25, -0.2) is 0 Å². The number of hydrogen-bond acceptors (Lipinski definition) is 11. The second-order valence-electron chi connectivity index (χ2n) is 21.4. The Balaban J connectivity index is 1.06. The van der Waals surface area contributed by atoms with E-state index in [1.54, 1.807) is 12.1 Å². The summed E-state index contributed by atoms with van der Waals surface area (Å²) in [5.41, 5.74) is -0.379. The molecule has 15 atom stereocenters. The molecule has 7 N–H and O–H groups in total. The van der Waals surface area contributed by atoms with Gasteiger partial charge in [0.15, 0.2) is 6.29 Å². The van der Waals surface area contributed by atoms with Crippen molar-refractivity contribution in [2.24, 2.45) is 45.3 Å². The minimum Gasteiger partial charge on any atom is -0.508 e. The zero-order valence-corrected chi connectivity index (χ0v) is 34.6. The van der Waals surface area contributed by atoms with E-state index in [1.165, 1.54) is 0 Å². The molecule has 0 amide bonds. The number of aliphatic hydroxyl groups excluding tert-OH is 5. The first-order chi connectivity index (χ1) is 26.6. The molecule has 2 aromatic rings. The summed E-state index contributed by atoms with van der Waals surface area (Å²) in [5, 5.41) is 81.1. The van der Waals surface area contributed by atoms with E-state index < -0.39 is 75.8 Å². The van der Waals surface area contributed by atoms with E-state index in [9.17, 15) is 35.7 Å². The minimum atomic E-state index is -1.25. The van der Waals surface area contributed by atoms with Gasteiger partial charge in [0, 0.05) is 40.4 Å². The SMILES string of the molecule is CC1CCC2C(C)(C)C(O)C(O)CC2(C)C12Cc1c(O)cc3c(c1O2)C1OCc2cc(O)c4c(c2C(O1)C3O)OC1(C4)C(C)CCC2C(C)(C)C(O)C(O)CC21C. The van der Waals surface area contributed by atoms with Gasteiger partial charge in [-0.3, -0.25) is 0 Å². The third-order valence-corrected chi connectivity index (χ3v) is 18.3. The lowest BCUT2D eigenvalue weighted by atomic mass is 9.43. The van der Waals surface area contributed by atoms with E-state index in [0.717, 1.165) is 25.7 Å². The lowest BCUT2D eigenvalue weighted by Crippen LogP contribution is -2.69. The molecule has 2 spiro atoms. The number of fused-ring (bicyclic) bond motifs is 14. The Morgan fingerprint density at radius 3 is 1.61 bits per heavy atom. The predicted octanol–water partition coefficient (Wildman–Crippen LogP) is 6.19. The Kier molecular flexibility index (Phi) is 7.98. The van der Waals surface area contributed by atoms with E-state index in [2.05, 4.69) is 27.7 Å². The molecule has 11 heteroatoms. The highest BCUT2D eigenvalue weighted by Gasteiger charge is 2.71. The third-order valence-electron chi connectivity index (χ3n) is 18.3. The van der Waals surface area contributed by atoms with Crippen LogP contribution in [0.4, 0.5) is 0 Å². The molecule has 4 aliphatic heterocycles. The quantitative estimate of drug-likeness (QED) is 0.162. The number of aliphatic hydroxyl groups is 5. The first kappa shape index (κ1) is 38.6. The molecule has 4 heterocycles. The van der Waals surface area contributed by atoms with Crippen LogP contribution in [0.15, 0.2) is 12.1 Å². The summed E-state index contributed by atoms with van der Waals surface area (Å²) in [5.74, 6) is 1.22. The maximum atomic E-state index is 12.5. The van der Waals surface area contributed by atoms with E-state index in [0.29, 0.717) is 70.6 Å². The number of phenols is 2. The van der Waals surface area contributed by atoms with Gasteiger partial charge in [0.2, 0.25) is 0 Å². The maximum Gasteiger partial charge on any atom is 0.189 e. The molecular weight excluding hydrogens is 728 g/mol. The van der Waals surface area contributed by atoms with Gasteiger partial charge in [-0.15, -0.1) is 0 Å². The van der Waals surface area contributed by atoms with Crippen LogP contribution >= 0.6 is 0 Å². The fourth-order valence-corrected chi connectivity index (χ4v) is 15.2. The highest BCUT2D eigenvalue weighted by molar-refractivity contribution is 5.63. The van der Waals surface area contributed by atoms with Gasteiger partial charge < -0.3 is 54.7 Å². The van der Waals surface area contributed by atoms with Crippen molar-refractivity contribution in [2.45, 2.75) is 167 Å². The van der Waals surface area contributed by atoms with Crippen molar-refractivity contribution in [1.29, 1.82) is 0 Å². The van der Waals surface area contributed by atoms with E-state index in [-0.39, 0.29) is 41.8 Å². The fourth-order valence-electron chi connectivity index (χ4n) is 15.2. The topological polar surface area (TPSA) is 179 Å². The van der Waals surface area contributed by atoms with E-state index in [1.807, 2.05) is 27.7 Å². The fraction of sp³-hybridized carbons (Fsp3) is 0.739. The van der Waals surface area contributed by atoms with Crippen LogP contribution in [-0.4, -0.2) is 71.4 Å². The van der Waals surface area contributed by atoms with Crippen molar-refractivity contribution >= 4 is 0 Å². The summed E-state index contributed by atoms with van der Waals surface area (Å²) >= 11 is 0. The molecule has 4 aliphatic carbocycles. The second-order valence-corrected chi connectivity index (χ2v) is 21.4. The van der Waals surface area contributed by atoms with Crippen LogP contribution < -0.4 is 9.47 Å². The molecule has 0 aromatic heterocycles. The van der Waals surface area contributed by atoms with Gasteiger partial charge in [-0.2, -0.15) is 0 Å². The molecule has 2 bridgehead atoms. The van der Waals surface area contributed by atoms with Crippen LogP contribution in [0.5, 0.6) is 23.0 Å². The lowest BCUT2D eigenvalue weighted by Gasteiger charge is -2.64. The summed E-state index contributed by atoms with van der Waals surface area (Å²) in [6.45, 7) is 16.9. The molecule has 2 aromatic carbocycles. The van der Waals surface area contributed by atoms with E-state index >= 15 is 0 Å². The Morgan fingerprint density at radius 1 is 0.632 bits per heavy atom. The minimum absolute atomic E-state index is 0.0221. The summed E-state index contributed by atoms with van der Waals surface area (Å²) in [4.78, 5) is 0. The van der Waals surface area contributed by atoms with Crippen molar-refractivity contribution in [2.75, 3.05) is 0 Å². The lowest BCUT2D eigenvalue weighted by molar-refractivity contribution is -0.242. The number of hydrogen-bond donors (Lipinski definition) is 7. The zero-order valence-electron chi connectivity index (χ0n) is 34.6. The Labute approximate surface area is 335 Å². The molecular formula is C46H62O11. The van der Waals surface area contributed by atoms with Crippen molar-refractivity contribution < 1.29 is 54.7 Å².